The van der Waals surface area contributed by atoms with E-state index in [1.54, 1.807) is 0 Å². The molecule has 2 fully saturated rings. The molecule has 3 heteroatoms. The van der Waals surface area contributed by atoms with Crippen LogP contribution in [0.2, 0.25) is 0 Å². The molecule has 2 aliphatic rings. The molecule has 1 saturated heterocycles. The molecule has 2 unspecified atom stereocenters. The van der Waals surface area contributed by atoms with E-state index >= 15 is 0 Å². The zero-order chi connectivity index (χ0) is 13.2. The summed E-state index contributed by atoms with van der Waals surface area (Å²) in [6.07, 6.45) is 5.51. The summed E-state index contributed by atoms with van der Waals surface area (Å²) < 4.78 is 0. The van der Waals surface area contributed by atoms with Gasteiger partial charge < -0.3 is 10.6 Å². The van der Waals surface area contributed by atoms with E-state index in [-0.39, 0.29) is 12.0 Å². The van der Waals surface area contributed by atoms with Crippen molar-refractivity contribution in [3.8, 4) is 0 Å². The fourth-order valence-corrected chi connectivity index (χ4v) is 3.52. The van der Waals surface area contributed by atoms with Crippen molar-refractivity contribution in [2.24, 2.45) is 11.7 Å². The molecule has 1 aromatic carbocycles. The van der Waals surface area contributed by atoms with Gasteiger partial charge in [0.1, 0.15) is 0 Å². The molecule has 0 bridgehead atoms. The van der Waals surface area contributed by atoms with Crippen LogP contribution in [0.25, 0.3) is 0 Å². The monoisotopic (exact) mass is 258 g/mol. The zero-order valence-corrected chi connectivity index (χ0v) is 11.3. The van der Waals surface area contributed by atoms with E-state index in [9.17, 15) is 4.79 Å². The van der Waals surface area contributed by atoms with Gasteiger partial charge in [0.2, 0.25) is 5.91 Å². The van der Waals surface area contributed by atoms with Crippen LogP contribution in [0.3, 0.4) is 0 Å². The van der Waals surface area contributed by atoms with Crippen molar-refractivity contribution in [3.05, 3.63) is 35.9 Å². The van der Waals surface area contributed by atoms with Gasteiger partial charge in [0.15, 0.2) is 0 Å². The third kappa shape index (κ3) is 2.52. The van der Waals surface area contributed by atoms with E-state index in [1.165, 1.54) is 25.7 Å². The summed E-state index contributed by atoms with van der Waals surface area (Å²) in [5, 5.41) is 0. The first kappa shape index (κ1) is 12.7. The molecule has 19 heavy (non-hydrogen) atoms. The quantitative estimate of drug-likeness (QED) is 0.905. The Morgan fingerprint density at radius 1 is 1.16 bits per heavy atom. The fraction of sp³-hybridized carbons (Fsp3) is 0.562. The van der Waals surface area contributed by atoms with Crippen LogP contribution in [-0.4, -0.2) is 23.4 Å². The summed E-state index contributed by atoms with van der Waals surface area (Å²) in [6, 6.07) is 10.6. The minimum absolute atomic E-state index is 0.0171. The first-order valence-corrected chi connectivity index (χ1v) is 7.35. The molecule has 3 nitrogen and oxygen atoms in total. The molecular weight excluding hydrogens is 236 g/mol. The van der Waals surface area contributed by atoms with E-state index in [0.717, 1.165) is 12.1 Å². The number of nitrogens with zero attached hydrogens (tertiary/aromatic N) is 1. The van der Waals surface area contributed by atoms with Crippen molar-refractivity contribution in [3.63, 3.8) is 0 Å². The molecular formula is C16H22N2O. The van der Waals surface area contributed by atoms with E-state index in [2.05, 4.69) is 17.0 Å². The Labute approximate surface area is 114 Å². The maximum atomic E-state index is 12.2. The lowest BCUT2D eigenvalue weighted by molar-refractivity contribution is -0.129. The van der Waals surface area contributed by atoms with Gasteiger partial charge >= 0.3 is 0 Å². The van der Waals surface area contributed by atoms with E-state index < -0.39 is 0 Å². The summed E-state index contributed by atoms with van der Waals surface area (Å²) in [7, 11) is 0. The molecule has 102 valence electrons. The number of nitrogens with two attached hydrogens (primary N) is 1. The van der Waals surface area contributed by atoms with E-state index in [4.69, 9.17) is 5.73 Å². The topological polar surface area (TPSA) is 46.3 Å². The smallest absolute Gasteiger partial charge is 0.223 e. The highest BCUT2D eigenvalue weighted by molar-refractivity contribution is 5.79. The maximum Gasteiger partial charge on any atom is 0.223 e. The Hall–Kier alpha value is -1.35. The number of hydrogen-bond acceptors (Lipinski definition) is 2. The predicted octanol–water partition coefficient (Wildman–Crippen LogP) is 2.48. The molecule has 1 aliphatic carbocycles. The first-order valence-electron chi connectivity index (χ1n) is 7.35. The van der Waals surface area contributed by atoms with Gasteiger partial charge in [-0.25, -0.2) is 0 Å². The Bertz CT molecular complexity index is 439. The summed E-state index contributed by atoms with van der Waals surface area (Å²) in [5.74, 6) is 0.582. The molecule has 0 radical (unpaired) electrons. The molecule has 1 aliphatic heterocycles. The van der Waals surface area contributed by atoms with Crippen molar-refractivity contribution in [2.75, 3.05) is 6.54 Å². The van der Waals surface area contributed by atoms with Crippen molar-refractivity contribution in [1.29, 1.82) is 0 Å². The number of carbonyl (C=O) groups excluding carboxylic acids is 1. The van der Waals surface area contributed by atoms with Crippen molar-refractivity contribution in [2.45, 2.75) is 44.2 Å². The summed E-state index contributed by atoms with van der Waals surface area (Å²) >= 11 is 0. The van der Waals surface area contributed by atoms with Crippen LogP contribution >= 0.6 is 0 Å². The zero-order valence-electron chi connectivity index (χ0n) is 11.3. The van der Waals surface area contributed by atoms with Crippen LogP contribution in [0.15, 0.2) is 30.3 Å². The van der Waals surface area contributed by atoms with E-state index in [0.29, 0.717) is 18.4 Å². The molecule has 1 amide bonds. The average molecular weight is 258 g/mol. The minimum atomic E-state index is -0.0171. The predicted molar refractivity (Wildman–Crippen MR) is 75.4 cm³/mol. The van der Waals surface area contributed by atoms with Gasteiger partial charge in [-0.05, 0) is 18.4 Å². The second kappa shape index (κ2) is 5.33. The van der Waals surface area contributed by atoms with Gasteiger partial charge in [0, 0.05) is 31.0 Å². The third-order valence-corrected chi connectivity index (χ3v) is 4.65. The lowest BCUT2D eigenvalue weighted by Gasteiger charge is -2.25. The van der Waals surface area contributed by atoms with Gasteiger partial charge in [-0.15, -0.1) is 0 Å². The highest BCUT2D eigenvalue weighted by Gasteiger charge is 2.38. The van der Waals surface area contributed by atoms with Crippen molar-refractivity contribution in [1.82, 2.24) is 4.90 Å². The summed E-state index contributed by atoms with van der Waals surface area (Å²) in [4.78, 5) is 14.3. The molecule has 0 spiro atoms. The average Bonchev–Trinajstić information content (AvgIpc) is 3.08. The van der Waals surface area contributed by atoms with Crippen molar-refractivity contribution < 1.29 is 4.79 Å². The second-order valence-corrected chi connectivity index (χ2v) is 5.89. The van der Waals surface area contributed by atoms with Gasteiger partial charge in [-0.3, -0.25) is 4.79 Å². The largest absolute Gasteiger partial charge is 0.339 e. The Balaban J connectivity index is 1.69. The number of benzene rings is 1. The van der Waals surface area contributed by atoms with Crippen LogP contribution < -0.4 is 5.73 Å². The van der Waals surface area contributed by atoms with Crippen LogP contribution in [0, 0.1) is 5.92 Å². The van der Waals surface area contributed by atoms with Gasteiger partial charge in [-0.1, -0.05) is 43.2 Å². The molecule has 3 rings (SSSR count). The van der Waals surface area contributed by atoms with Gasteiger partial charge in [0.05, 0.1) is 0 Å². The van der Waals surface area contributed by atoms with Crippen LogP contribution in [0.4, 0.5) is 0 Å². The standard InChI is InChI=1S/C16H22N2O/c17-16(12-6-2-1-3-7-12)13-10-15(19)18(11-13)14-8-4-5-9-14/h1-3,6-7,13-14,16H,4-5,8-11,17H2. The van der Waals surface area contributed by atoms with Crippen LogP contribution in [0.1, 0.15) is 43.7 Å². The second-order valence-electron chi connectivity index (χ2n) is 5.89. The highest BCUT2D eigenvalue weighted by atomic mass is 16.2. The lowest BCUT2D eigenvalue weighted by Crippen LogP contribution is -2.35. The van der Waals surface area contributed by atoms with Crippen LogP contribution in [-0.2, 0) is 4.79 Å². The Morgan fingerprint density at radius 3 is 2.53 bits per heavy atom. The molecule has 1 heterocycles. The maximum absolute atomic E-state index is 12.2. The number of hydrogen-bond donors (Lipinski definition) is 1. The third-order valence-electron chi connectivity index (χ3n) is 4.65. The molecule has 1 aromatic rings. The van der Waals surface area contributed by atoms with E-state index in [1.807, 2.05) is 18.2 Å². The number of carbonyl (C=O) groups is 1. The fourth-order valence-electron chi connectivity index (χ4n) is 3.52. The van der Waals surface area contributed by atoms with Crippen LogP contribution in [0.5, 0.6) is 0 Å². The molecule has 0 aromatic heterocycles. The van der Waals surface area contributed by atoms with Gasteiger partial charge in [0.25, 0.3) is 0 Å². The Kier molecular flexibility index (Phi) is 3.56. The number of amides is 1. The lowest BCUT2D eigenvalue weighted by atomic mass is 9.93. The first-order chi connectivity index (χ1) is 9.25. The van der Waals surface area contributed by atoms with Gasteiger partial charge in [-0.2, -0.15) is 0 Å². The summed E-state index contributed by atoms with van der Waals surface area (Å²) in [5.41, 5.74) is 7.49. The normalized spacial score (nSPS) is 26.1. The van der Waals surface area contributed by atoms with Crippen molar-refractivity contribution >= 4 is 5.91 Å². The minimum Gasteiger partial charge on any atom is -0.339 e. The molecule has 2 atom stereocenters. The number of rotatable bonds is 3. The highest BCUT2D eigenvalue weighted by Crippen LogP contribution is 2.34. The number of likely N-dealkylation sites (tertiary alicyclic amines) is 1. The summed E-state index contributed by atoms with van der Waals surface area (Å²) in [6.45, 7) is 0.847. The SMILES string of the molecule is NC(c1ccccc1)C1CC(=O)N(C2CCCC2)C1. The Morgan fingerprint density at radius 2 is 1.84 bits per heavy atom. The molecule has 1 saturated carbocycles. The molecule has 2 N–H and O–H groups in total.